The number of nitriles is 1. The van der Waals surface area contributed by atoms with E-state index in [-0.39, 0.29) is 11.3 Å². The summed E-state index contributed by atoms with van der Waals surface area (Å²) in [6.07, 6.45) is 0. The zero-order valence-corrected chi connectivity index (χ0v) is 10.7. The Hall–Kier alpha value is -2.07. The second-order valence-electron chi connectivity index (χ2n) is 3.70. The quantitative estimate of drug-likeness (QED) is 0.857. The molecule has 0 bridgehead atoms. The van der Waals surface area contributed by atoms with Crippen molar-refractivity contribution in [1.82, 2.24) is 0 Å². The first kappa shape index (κ1) is 14.0. The third-order valence-electron chi connectivity index (χ3n) is 2.46. The molecule has 7 heteroatoms. The Bertz CT molecular complexity index is 616. The Morgan fingerprint density at radius 2 is 2.11 bits per heavy atom. The molecular formula is C11H12N2O4S. The van der Waals surface area contributed by atoms with Crippen molar-refractivity contribution in [3.63, 3.8) is 0 Å². The zero-order valence-electron chi connectivity index (χ0n) is 9.84. The number of rotatable bonds is 4. The van der Waals surface area contributed by atoms with E-state index >= 15 is 0 Å². The molecule has 1 atom stereocenters. The van der Waals surface area contributed by atoms with Gasteiger partial charge in [-0.05, 0) is 31.5 Å². The third-order valence-corrected chi connectivity index (χ3v) is 4.00. The average molecular weight is 268 g/mol. The number of carboxylic acids is 1. The van der Waals surface area contributed by atoms with Crippen molar-refractivity contribution in [2.45, 2.75) is 19.1 Å². The van der Waals surface area contributed by atoms with Crippen LogP contribution in [0, 0.1) is 18.3 Å². The highest BCUT2D eigenvalue weighted by atomic mass is 32.2. The Balaban J connectivity index is 3.19. The molecule has 0 fully saturated rings. The molecule has 1 aromatic carbocycles. The van der Waals surface area contributed by atoms with Gasteiger partial charge >= 0.3 is 5.97 Å². The molecule has 0 aliphatic heterocycles. The van der Waals surface area contributed by atoms with Gasteiger partial charge in [0.25, 0.3) is 0 Å². The van der Waals surface area contributed by atoms with Crippen LogP contribution in [0.4, 0.5) is 5.69 Å². The molecule has 0 amide bonds. The standard InChI is InChI=1S/C11H12N2O4S/c1-7(6-12)18(16,17)13-10-5-3-4-9(8(10)2)11(14)15/h3-5,7,13H,1-2H3,(H,14,15). The van der Waals surface area contributed by atoms with Gasteiger partial charge in [-0.2, -0.15) is 5.26 Å². The molecule has 1 aromatic rings. The molecule has 2 N–H and O–H groups in total. The predicted octanol–water partition coefficient (Wildman–Crippen LogP) is 1.35. The number of benzene rings is 1. The summed E-state index contributed by atoms with van der Waals surface area (Å²) in [6.45, 7) is 2.75. The number of anilines is 1. The normalized spacial score (nSPS) is 12.5. The van der Waals surface area contributed by atoms with Crippen molar-refractivity contribution in [1.29, 1.82) is 5.26 Å². The summed E-state index contributed by atoms with van der Waals surface area (Å²) in [7, 11) is -3.83. The predicted molar refractivity (Wildman–Crippen MR) is 65.8 cm³/mol. The highest BCUT2D eigenvalue weighted by molar-refractivity contribution is 7.93. The maximum Gasteiger partial charge on any atom is 0.336 e. The number of hydrogen-bond acceptors (Lipinski definition) is 4. The molecule has 96 valence electrons. The van der Waals surface area contributed by atoms with Crippen molar-refractivity contribution >= 4 is 21.7 Å². The van der Waals surface area contributed by atoms with Gasteiger partial charge in [-0.1, -0.05) is 6.07 Å². The van der Waals surface area contributed by atoms with Crippen LogP contribution in [0.5, 0.6) is 0 Å². The second kappa shape index (κ2) is 5.06. The van der Waals surface area contributed by atoms with Gasteiger partial charge in [0.05, 0.1) is 17.3 Å². The maximum absolute atomic E-state index is 11.7. The first-order chi connectivity index (χ1) is 8.29. The SMILES string of the molecule is Cc1c(NS(=O)(=O)C(C)C#N)cccc1C(=O)O. The molecule has 6 nitrogen and oxygen atoms in total. The van der Waals surface area contributed by atoms with Gasteiger partial charge < -0.3 is 5.11 Å². The molecule has 1 unspecified atom stereocenters. The van der Waals surface area contributed by atoms with Crippen LogP contribution in [0.15, 0.2) is 18.2 Å². The van der Waals surface area contributed by atoms with Crippen LogP contribution in [0.3, 0.4) is 0 Å². The summed E-state index contributed by atoms with van der Waals surface area (Å²) in [5, 5.41) is 16.3. The van der Waals surface area contributed by atoms with Gasteiger partial charge in [-0.3, -0.25) is 4.72 Å². The summed E-state index contributed by atoms with van der Waals surface area (Å²) < 4.78 is 25.6. The second-order valence-corrected chi connectivity index (χ2v) is 5.70. The largest absolute Gasteiger partial charge is 0.478 e. The number of hydrogen-bond donors (Lipinski definition) is 2. The van der Waals surface area contributed by atoms with Crippen LogP contribution in [-0.4, -0.2) is 24.7 Å². The number of carbonyl (C=O) groups is 1. The van der Waals surface area contributed by atoms with Crippen molar-refractivity contribution in [2.24, 2.45) is 0 Å². The molecule has 0 saturated heterocycles. The van der Waals surface area contributed by atoms with Crippen molar-refractivity contribution in [2.75, 3.05) is 4.72 Å². The van der Waals surface area contributed by atoms with Crippen LogP contribution in [0.2, 0.25) is 0 Å². The third kappa shape index (κ3) is 2.78. The fourth-order valence-corrected chi connectivity index (χ4v) is 2.13. The minimum atomic E-state index is -3.83. The summed E-state index contributed by atoms with van der Waals surface area (Å²) in [5.41, 5.74) is 0.482. The number of aromatic carboxylic acids is 1. The lowest BCUT2D eigenvalue weighted by molar-refractivity contribution is 0.0696. The summed E-state index contributed by atoms with van der Waals surface area (Å²) >= 11 is 0. The Morgan fingerprint density at radius 1 is 1.50 bits per heavy atom. The summed E-state index contributed by atoms with van der Waals surface area (Å²) in [5.74, 6) is -1.14. The van der Waals surface area contributed by atoms with E-state index in [9.17, 15) is 13.2 Å². The Labute approximate surface area is 105 Å². The molecule has 18 heavy (non-hydrogen) atoms. The van der Waals surface area contributed by atoms with Crippen LogP contribution in [-0.2, 0) is 10.0 Å². The molecule has 0 heterocycles. The van der Waals surface area contributed by atoms with E-state index in [0.717, 1.165) is 0 Å². The van der Waals surface area contributed by atoms with Gasteiger partial charge in [0.15, 0.2) is 5.25 Å². The Morgan fingerprint density at radius 3 is 2.61 bits per heavy atom. The smallest absolute Gasteiger partial charge is 0.336 e. The fourth-order valence-electron chi connectivity index (χ4n) is 1.29. The number of sulfonamides is 1. The molecule has 0 radical (unpaired) electrons. The first-order valence-electron chi connectivity index (χ1n) is 5.03. The van der Waals surface area contributed by atoms with Crippen molar-refractivity contribution < 1.29 is 18.3 Å². The van der Waals surface area contributed by atoms with E-state index in [4.69, 9.17) is 10.4 Å². The number of nitrogens with one attached hydrogen (secondary N) is 1. The lowest BCUT2D eigenvalue weighted by atomic mass is 10.1. The van der Waals surface area contributed by atoms with Crippen LogP contribution in [0.25, 0.3) is 0 Å². The van der Waals surface area contributed by atoms with Crippen molar-refractivity contribution in [3.8, 4) is 6.07 Å². The zero-order chi connectivity index (χ0) is 13.9. The van der Waals surface area contributed by atoms with E-state index in [1.807, 2.05) is 0 Å². The molecule has 0 saturated carbocycles. The van der Waals surface area contributed by atoms with Crippen molar-refractivity contribution in [3.05, 3.63) is 29.3 Å². The number of nitrogens with zero attached hydrogens (tertiary/aromatic N) is 1. The lowest BCUT2D eigenvalue weighted by Gasteiger charge is -2.12. The average Bonchev–Trinajstić information content (AvgIpc) is 2.30. The molecule has 0 aromatic heterocycles. The molecular weight excluding hydrogens is 256 g/mol. The number of carboxylic acid groups (broad SMARTS) is 1. The van der Waals surface area contributed by atoms with E-state index in [1.165, 1.54) is 32.0 Å². The topological polar surface area (TPSA) is 107 Å². The van der Waals surface area contributed by atoms with E-state index < -0.39 is 21.2 Å². The van der Waals surface area contributed by atoms with Gasteiger partial charge in [0, 0.05) is 0 Å². The van der Waals surface area contributed by atoms with E-state index in [1.54, 1.807) is 6.07 Å². The molecule has 1 rings (SSSR count). The lowest BCUT2D eigenvalue weighted by Crippen LogP contribution is -2.24. The minimum absolute atomic E-state index is 0.0137. The highest BCUT2D eigenvalue weighted by Crippen LogP contribution is 2.21. The maximum atomic E-state index is 11.7. The molecule has 0 spiro atoms. The fraction of sp³-hybridized carbons (Fsp3) is 0.273. The van der Waals surface area contributed by atoms with Crippen LogP contribution < -0.4 is 4.72 Å². The van der Waals surface area contributed by atoms with Gasteiger partial charge in [0.1, 0.15) is 0 Å². The van der Waals surface area contributed by atoms with Crippen LogP contribution in [0.1, 0.15) is 22.8 Å². The van der Waals surface area contributed by atoms with Gasteiger partial charge in [0.2, 0.25) is 10.0 Å². The van der Waals surface area contributed by atoms with Gasteiger partial charge in [-0.25, -0.2) is 13.2 Å². The minimum Gasteiger partial charge on any atom is -0.478 e. The first-order valence-corrected chi connectivity index (χ1v) is 6.58. The summed E-state index contributed by atoms with van der Waals surface area (Å²) in [6, 6.07) is 5.88. The monoisotopic (exact) mass is 268 g/mol. The van der Waals surface area contributed by atoms with E-state index in [0.29, 0.717) is 5.56 Å². The highest BCUT2D eigenvalue weighted by Gasteiger charge is 2.21. The molecule has 0 aliphatic carbocycles. The van der Waals surface area contributed by atoms with Crippen LogP contribution >= 0.6 is 0 Å². The van der Waals surface area contributed by atoms with Gasteiger partial charge in [-0.15, -0.1) is 0 Å². The molecule has 0 aliphatic rings. The van der Waals surface area contributed by atoms with E-state index in [2.05, 4.69) is 4.72 Å². The Kier molecular flexibility index (Phi) is 3.93. The summed E-state index contributed by atoms with van der Waals surface area (Å²) in [4.78, 5) is 10.9.